The molecule has 126 valence electrons. The van der Waals surface area contributed by atoms with Crippen molar-refractivity contribution in [1.29, 1.82) is 0 Å². The van der Waals surface area contributed by atoms with E-state index in [-0.39, 0.29) is 0 Å². The fraction of sp³-hybridized carbons (Fsp3) is 0.211. The molecule has 0 aliphatic carbocycles. The van der Waals surface area contributed by atoms with E-state index in [0.29, 0.717) is 0 Å². The van der Waals surface area contributed by atoms with Crippen LogP contribution in [0.5, 0.6) is 0 Å². The molecule has 0 saturated carbocycles. The van der Waals surface area contributed by atoms with Gasteiger partial charge in [-0.1, -0.05) is 17.7 Å². The molecule has 6 heteroatoms. The van der Waals surface area contributed by atoms with Crippen LogP contribution in [-0.4, -0.2) is 26.4 Å². The van der Waals surface area contributed by atoms with Gasteiger partial charge in [-0.05, 0) is 52.3 Å². The molecule has 0 fully saturated rings. The van der Waals surface area contributed by atoms with Crippen molar-refractivity contribution in [3.8, 4) is 11.4 Å². The molecule has 1 aromatic carbocycles. The van der Waals surface area contributed by atoms with E-state index in [0.717, 1.165) is 58.5 Å². The van der Waals surface area contributed by atoms with Crippen LogP contribution in [0.15, 0.2) is 53.3 Å². The Morgan fingerprint density at radius 2 is 1.92 bits per heavy atom. The van der Waals surface area contributed by atoms with Gasteiger partial charge in [0, 0.05) is 48.4 Å². The highest BCUT2D eigenvalue weighted by Gasteiger charge is 2.19. The van der Waals surface area contributed by atoms with Gasteiger partial charge in [0.25, 0.3) is 0 Å². The molecular weight excluding hydrogens is 400 g/mol. The first-order valence-electron chi connectivity index (χ1n) is 8.12. The van der Waals surface area contributed by atoms with Crippen LogP contribution in [-0.2, 0) is 19.5 Å². The standard InChI is InChI=1S/C19H16BrClN4/c20-18-3-1-2-16(23-18)12-25-9-8-17-14(11-25)10-22-19(24-17)13-4-6-15(21)7-5-13/h1-7,10H,8-9,11-12H2. The van der Waals surface area contributed by atoms with Gasteiger partial charge in [0.05, 0.1) is 11.4 Å². The quantitative estimate of drug-likeness (QED) is 0.590. The minimum atomic E-state index is 0.721. The number of benzene rings is 1. The van der Waals surface area contributed by atoms with Gasteiger partial charge in [-0.2, -0.15) is 0 Å². The first-order valence-corrected chi connectivity index (χ1v) is 9.29. The van der Waals surface area contributed by atoms with E-state index in [9.17, 15) is 0 Å². The summed E-state index contributed by atoms with van der Waals surface area (Å²) in [6, 6.07) is 13.7. The lowest BCUT2D eigenvalue weighted by atomic mass is 10.1. The summed E-state index contributed by atoms with van der Waals surface area (Å²) in [5.74, 6) is 0.762. The first-order chi connectivity index (χ1) is 12.2. The minimum Gasteiger partial charge on any atom is -0.293 e. The lowest BCUT2D eigenvalue weighted by Crippen LogP contribution is -2.31. The largest absolute Gasteiger partial charge is 0.293 e. The zero-order valence-corrected chi connectivity index (χ0v) is 15.8. The molecule has 0 saturated heterocycles. The minimum absolute atomic E-state index is 0.721. The van der Waals surface area contributed by atoms with Crippen molar-refractivity contribution in [2.75, 3.05) is 6.54 Å². The molecule has 1 aliphatic rings. The van der Waals surface area contributed by atoms with E-state index in [1.807, 2.05) is 42.6 Å². The number of halogens is 2. The van der Waals surface area contributed by atoms with Crippen LogP contribution >= 0.6 is 27.5 Å². The van der Waals surface area contributed by atoms with Crippen molar-refractivity contribution >= 4 is 27.5 Å². The van der Waals surface area contributed by atoms with Gasteiger partial charge in [-0.15, -0.1) is 0 Å². The topological polar surface area (TPSA) is 41.9 Å². The fourth-order valence-corrected chi connectivity index (χ4v) is 3.52. The van der Waals surface area contributed by atoms with Crippen molar-refractivity contribution in [2.24, 2.45) is 0 Å². The molecule has 1 aliphatic heterocycles. The number of aromatic nitrogens is 3. The monoisotopic (exact) mass is 414 g/mol. The van der Waals surface area contributed by atoms with Gasteiger partial charge >= 0.3 is 0 Å². The van der Waals surface area contributed by atoms with Crippen molar-refractivity contribution in [3.63, 3.8) is 0 Å². The molecule has 0 N–H and O–H groups in total. The maximum Gasteiger partial charge on any atom is 0.159 e. The van der Waals surface area contributed by atoms with Gasteiger partial charge in [0.15, 0.2) is 5.82 Å². The summed E-state index contributed by atoms with van der Waals surface area (Å²) in [6.07, 6.45) is 2.87. The zero-order chi connectivity index (χ0) is 17.2. The number of nitrogens with zero attached hydrogens (tertiary/aromatic N) is 4. The van der Waals surface area contributed by atoms with Crippen LogP contribution in [0.3, 0.4) is 0 Å². The van der Waals surface area contributed by atoms with Crippen LogP contribution in [0.2, 0.25) is 5.02 Å². The molecule has 3 heterocycles. The number of fused-ring (bicyclic) bond motifs is 1. The molecular formula is C19H16BrClN4. The van der Waals surface area contributed by atoms with Crippen molar-refractivity contribution < 1.29 is 0 Å². The Labute approximate surface area is 160 Å². The molecule has 2 aromatic heterocycles. The van der Waals surface area contributed by atoms with Gasteiger partial charge < -0.3 is 0 Å². The molecule has 4 nitrogen and oxygen atoms in total. The average molecular weight is 416 g/mol. The molecule has 0 atom stereocenters. The van der Waals surface area contributed by atoms with E-state index >= 15 is 0 Å². The van der Waals surface area contributed by atoms with E-state index in [1.165, 1.54) is 5.56 Å². The van der Waals surface area contributed by atoms with Gasteiger partial charge in [0.1, 0.15) is 4.60 Å². The summed E-state index contributed by atoms with van der Waals surface area (Å²) in [6.45, 7) is 2.65. The van der Waals surface area contributed by atoms with Crippen LogP contribution in [0.25, 0.3) is 11.4 Å². The molecule has 25 heavy (non-hydrogen) atoms. The van der Waals surface area contributed by atoms with E-state index in [2.05, 4.69) is 36.9 Å². The highest BCUT2D eigenvalue weighted by Crippen LogP contribution is 2.23. The summed E-state index contributed by atoms with van der Waals surface area (Å²) >= 11 is 9.38. The van der Waals surface area contributed by atoms with E-state index in [1.54, 1.807) is 0 Å². The average Bonchev–Trinajstić information content (AvgIpc) is 2.62. The van der Waals surface area contributed by atoms with Crippen LogP contribution in [0, 0.1) is 0 Å². The second-order valence-electron chi connectivity index (χ2n) is 6.08. The van der Waals surface area contributed by atoms with Crippen LogP contribution in [0.1, 0.15) is 17.0 Å². The van der Waals surface area contributed by atoms with Crippen LogP contribution < -0.4 is 0 Å². The second-order valence-corrected chi connectivity index (χ2v) is 7.33. The van der Waals surface area contributed by atoms with Gasteiger partial charge in [-0.3, -0.25) is 4.90 Å². The Morgan fingerprint density at radius 3 is 2.72 bits per heavy atom. The SMILES string of the molecule is Clc1ccc(-c2ncc3c(n2)CCN(Cc2cccc(Br)n2)C3)cc1. The third-order valence-corrected chi connectivity index (χ3v) is 4.97. The number of rotatable bonds is 3. The van der Waals surface area contributed by atoms with Crippen molar-refractivity contribution in [2.45, 2.75) is 19.5 Å². The lowest BCUT2D eigenvalue weighted by molar-refractivity contribution is 0.240. The van der Waals surface area contributed by atoms with E-state index in [4.69, 9.17) is 16.6 Å². The summed E-state index contributed by atoms with van der Waals surface area (Å²) in [5, 5.41) is 0.721. The van der Waals surface area contributed by atoms with Crippen LogP contribution in [0.4, 0.5) is 0 Å². The predicted molar refractivity (Wildman–Crippen MR) is 102 cm³/mol. The third-order valence-electron chi connectivity index (χ3n) is 4.27. The molecule has 3 aromatic rings. The Kier molecular flexibility index (Phi) is 4.79. The smallest absolute Gasteiger partial charge is 0.159 e. The summed E-state index contributed by atoms with van der Waals surface area (Å²) in [7, 11) is 0. The molecule has 0 radical (unpaired) electrons. The third kappa shape index (κ3) is 3.89. The van der Waals surface area contributed by atoms with Gasteiger partial charge in [0.2, 0.25) is 0 Å². The number of hydrogen-bond acceptors (Lipinski definition) is 4. The predicted octanol–water partition coefficient (Wildman–Crippen LogP) is 4.51. The Morgan fingerprint density at radius 1 is 1.08 bits per heavy atom. The van der Waals surface area contributed by atoms with Crippen molar-refractivity contribution in [3.05, 3.63) is 75.2 Å². The maximum atomic E-state index is 5.95. The molecule has 0 unspecified atom stereocenters. The first kappa shape index (κ1) is 16.6. The van der Waals surface area contributed by atoms with Crippen molar-refractivity contribution in [1.82, 2.24) is 19.9 Å². The molecule has 4 rings (SSSR count). The normalized spacial score (nSPS) is 14.3. The number of hydrogen-bond donors (Lipinski definition) is 0. The summed E-state index contributed by atoms with van der Waals surface area (Å²) in [4.78, 5) is 16.2. The highest BCUT2D eigenvalue weighted by molar-refractivity contribution is 9.10. The maximum absolute atomic E-state index is 5.95. The van der Waals surface area contributed by atoms with E-state index < -0.39 is 0 Å². The Hall–Kier alpha value is -1.82. The highest BCUT2D eigenvalue weighted by atomic mass is 79.9. The fourth-order valence-electron chi connectivity index (χ4n) is 3.02. The second kappa shape index (κ2) is 7.20. The molecule has 0 amide bonds. The van der Waals surface area contributed by atoms with Gasteiger partial charge in [-0.25, -0.2) is 15.0 Å². The molecule has 0 spiro atoms. The number of pyridine rings is 1. The lowest BCUT2D eigenvalue weighted by Gasteiger charge is -2.27. The Balaban J connectivity index is 1.51. The molecule has 0 bridgehead atoms. The Bertz CT molecular complexity index is 898. The summed E-state index contributed by atoms with van der Waals surface area (Å²) < 4.78 is 0.873. The summed E-state index contributed by atoms with van der Waals surface area (Å²) in [5.41, 5.74) is 4.39. The zero-order valence-electron chi connectivity index (χ0n) is 13.5.